The lowest BCUT2D eigenvalue weighted by Crippen LogP contribution is -2.67. The van der Waals surface area contributed by atoms with Gasteiger partial charge in [-0.2, -0.15) is 0 Å². The molecular formula is C35H35N2O2+. The molecule has 4 heteroatoms. The number of benzene rings is 4. The Bertz CT molecular complexity index is 1660. The van der Waals surface area contributed by atoms with Gasteiger partial charge in [-0.25, -0.2) is 0 Å². The van der Waals surface area contributed by atoms with Gasteiger partial charge in [-0.15, -0.1) is 6.58 Å². The quantitative estimate of drug-likeness (QED) is 0.148. The van der Waals surface area contributed by atoms with Gasteiger partial charge < -0.3 is 14.3 Å². The Hall–Kier alpha value is -3.73. The molecule has 8 rings (SSSR count). The van der Waals surface area contributed by atoms with Crippen LogP contribution < -0.4 is 4.74 Å². The highest BCUT2D eigenvalue weighted by atomic mass is 16.5. The van der Waals surface area contributed by atoms with E-state index in [9.17, 15) is 5.11 Å². The molecule has 0 amide bonds. The van der Waals surface area contributed by atoms with Gasteiger partial charge in [0, 0.05) is 35.9 Å². The van der Waals surface area contributed by atoms with Crippen LogP contribution >= 0.6 is 0 Å². The Kier molecular flexibility index (Phi) is 5.91. The van der Waals surface area contributed by atoms with E-state index >= 15 is 0 Å². The molecular weight excluding hydrogens is 480 g/mol. The molecule has 0 unspecified atom stereocenters. The summed E-state index contributed by atoms with van der Waals surface area (Å²) >= 11 is 0. The molecule has 4 heterocycles. The number of ether oxygens (including phenoxy) is 1. The number of piperidine rings is 3. The van der Waals surface area contributed by atoms with Crippen LogP contribution in [0.4, 0.5) is 0 Å². The van der Waals surface area contributed by atoms with Crippen molar-refractivity contribution in [3.05, 3.63) is 109 Å². The molecule has 3 aliphatic heterocycles. The number of rotatable bonds is 6. The molecule has 0 radical (unpaired) electrons. The number of hydrogen-bond donors (Lipinski definition) is 1. The number of nitrogens with zero attached hydrogens (tertiary/aromatic N) is 2. The molecule has 0 spiro atoms. The summed E-state index contributed by atoms with van der Waals surface area (Å²) in [7, 11) is 1.68. The summed E-state index contributed by atoms with van der Waals surface area (Å²) in [5.41, 5.74) is 3.23. The van der Waals surface area contributed by atoms with Crippen LogP contribution in [-0.4, -0.2) is 40.8 Å². The summed E-state index contributed by atoms with van der Waals surface area (Å²) in [6.07, 6.45) is 5.58. The fourth-order valence-corrected chi connectivity index (χ4v) is 7.71. The Morgan fingerprint density at radius 3 is 2.46 bits per heavy atom. The van der Waals surface area contributed by atoms with Gasteiger partial charge in [0.05, 0.1) is 25.7 Å². The van der Waals surface area contributed by atoms with Crippen molar-refractivity contribution in [2.24, 2.45) is 11.8 Å². The SMILES string of the molecule is C=C[C@H]1C[N@+]2(Cc3c4ccccc4cc4ccccc34)CC[C@H]1C[C@@H]2[C@@H](O)c1ccnc2ccc(OC)cc12. The lowest BCUT2D eigenvalue weighted by atomic mass is 9.71. The standard InChI is InChI=1S/C35H35N2O2/c1-3-23-21-37(22-32-28-10-6-4-8-25(28)18-26-9-5-7-11-29(26)32)17-15-24(23)19-34(37)35(38)30-14-16-36-33-13-12-27(39-2)20-31(30)33/h3-14,16,18,20,23-24,34-35,38H,1,15,17,19,21-22H2,2H3/q+1/t23-,24-,34+,35-,37-/m0/s1. The highest BCUT2D eigenvalue weighted by Crippen LogP contribution is 2.49. The van der Waals surface area contributed by atoms with E-state index in [1.54, 1.807) is 7.11 Å². The fourth-order valence-electron chi connectivity index (χ4n) is 7.71. The van der Waals surface area contributed by atoms with Crippen molar-refractivity contribution in [1.29, 1.82) is 0 Å². The second-order valence-corrected chi connectivity index (χ2v) is 11.6. The molecule has 4 aromatic carbocycles. The van der Waals surface area contributed by atoms with Crippen molar-refractivity contribution in [2.75, 3.05) is 20.2 Å². The van der Waals surface area contributed by atoms with Gasteiger partial charge in [-0.1, -0.05) is 54.6 Å². The van der Waals surface area contributed by atoms with Crippen LogP contribution in [-0.2, 0) is 6.54 Å². The first-order valence-electron chi connectivity index (χ1n) is 14.1. The monoisotopic (exact) mass is 515 g/mol. The van der Waals surface area contributed by atoms with Gasteiger partial charge >= 0.3 is 0 Å². The van der Waals surface area contributed by atoms with Crippen molar-refractivity contribution in [2.45, 2.75) is 31.5 Å². The van der Waals surface area contributed by atoms with Crippen LogP contribution in [0.15, 0.2) is 97.7 Å². The number of quaternary nitrogens is 1. The third-order valence-electron chi connectivity index (χ3n) is 9.70. The number of methoxy groups -OCH3 is 1. The summed E-state index contributed by atoms with van der Waals surface area (Å²) < 4.78 is 6.41. The lowest BCUT2D eigenvalue weighted by molar-refractivity contribution is -0.984. The van der Waals surface area contributed by atoms with Crippen molar-refractivity contribution in [3.8, 4) is 5.75 Å². The molecule has 3 saturated heterocycles. The third kappa shape index (κ3) is 3.93. The first-order chi connectivity index (χ1) is 19.1. The van der Waals surface area contributed by atoms with Crippen LogP contribution in [0.5, 0.6) is 5.75 Å². The van der Waals surface area contributed by atoms with Crippen molar-refractivity contribution < 1.29 is 14.3 Å². The lowest BCUT2D eigenvalue weighted by Gasteiger charge is -2.58. The molecule has 5 atom stereocenters. The maximum atomic E-state index is 12.2. The maximum absolute atomic E-state index is 12.2. The van der Waals surface area contributed by atoms with E-state index in [1.807, 2.05) is 30.5 Å². The topological polar surface area (TPSA) is 42.4 Å². The van der Waals surface area contributed by atoms with Crippen molar-refractivity contribution in [3.63, 3.8) is 0 Å². The average molecular weight is 516 g/mol. The van der Waals surface area contributed by atoms with Gasteiger partial charge in [0.15, 0.2) is 0 Å². The zero-order chi connectivity index (χ0) is 26.6. The molecule has 2 bridgehead atoms. The Labute approximate surface area is 229 Å². The molecule has 1 aromatic heterocycles. The van der Waals surface area contributed by atoms with Gasteiger partial charge in [-0.05, 0) is 63.4 Å². The molecule has 196 valence electrons. The van der Waals surface area contributed by atoms with E-state index in [0.29, 0.717) is 11.8 Å². The van der Waals surface area contributed by atoms with Crippen LogP contribution in [0.1, 0.15) is 30.1 Å². The van der Waals surface area contributed by atoms with Gasteiger partial charge in [-0.3, -0.25) is 4.98 Å². The van der Waals surface area contributed by atoms with Crippen LogP contribution in [0.25, 0.3) is 32.4 Å². The number of pyridine rings is 1. The van der Waals surface area contributed by atoms with E-state index in [1.165, 1.54) is 33.5 Å². The molecule has 4 nitrogen and oxygen atoms in total. The number of aromatic nitrogens is 1. The molecule has 0 saturated carbocycles. The van der Waals surface area contributed by atoms with E-state index in [4.69, 9.17) is 4.74 Å². The minimum absolute atomic E-state index is 0.0921. The van der Waals surface area contributed by atoms with E-state index in [2.05, 4.69) is 72.2 Å². The summed E-state index contributed by atoms with van der Waals surface area (Å²) in [5, 5.41) is 18.4. The minimum Gasteiger partial charge on any atom is -0.497 e. The molecule has 0 aliphatic carbocycles. The van der Waals surface area contributed by atoms with Gasteiger partial charge in [0.25, 0.3) is 0 Å². The highest BCUT2D eigenvalue weighted by Gasteiger charge is 2.54. The van der Waals surface area contributed by atoms with Gasteiger partial charge in [0.2, 0.25) is 0 Å². The zero-order valence-electron chi connectivity index (χ0n) is 22.5. The fraction of sp³-hybridized carbons (Fsp3) is 0.286. The Morgan fingerprint density at radius 1 is 1.00 bits per heavy atom. The number of fused-ring (bicyclic) bond motifs is 6. The largest absolute Gasteiger partial charge is 0.497 e. The van der Waals surface area contributed by atoms with Crippen LogP contribution in [0.2, 0.25) is 0 Å². The number of aliphatic hydroxyl groups excluding tert-OH is 1. The second-order valence-electron chi connectivity index (χ2n) is 11.6. The number of hydrogen-bond acceptors (Lipinski definition) is 3. The van der Waals surface area contributed by atoms with Crippen LogP contribution in [0.3, 0.4) is 0 Å². The normalized spacial score (nSPS) is 25.2. The number of aliphatic hydroxyl groups is 1. The summed E-state index contributed by atoms with van der Waals surface area (Å²) in [5.74, 6) is 1.82. The predicted molar refractivity (Wildman–Crippen MR) is 159 cm³/mol. The maximum Gasteiger partial charge on any atom is 0.131 e. The van der Waals surface area contributed by atoms with Crippen molar-refractivity contribution in [1.82, 2.24) is 4.98 Å². The highest BCUT2D eigenvalue weighted by molar-refractivity contribution is 6.02. The predicted octanol–water partition coefficient (Wildman–Crippen LogP) is 7.19. The van der Waals surface area contributed by atoms with E-state index < -0.39 is 6.10 Å². The third-order valence-corrected chi connectivity index (χ3v) is 9.70. The first-order valence-corrected chi connectivity index (χ1v) is 14.1. The summed E-state index contributed by atoms with van der Waals surface area (Å²) in [4.78, 5) is 4.59. The molecule has 3 fully saturated rings. The smallest absolute Gasteiger partial charge is 0.131 e. The second kappa shape index (κ2) is 9.48. The van der Waals surface area contributed by atoms with E-state index in [0.717, 1.165) is 52.8 Å². The first kappa shape index (κ1) is 24.3. The summed E-state index contributed by atoms with van der Waals surface area (Å²) in [6, 6.07) is 27.9. The average Bonchev–Trinajstić information content (AvgIpc) is 3.00. The summed E-state index contributed by atoms with van der Waals surface area (Å²) in [6.45, 7) is 7.21. The Morgan fingerprint density at radius 2 is 1.74 bits per heavy atom. The van der Waals surface area contributed by atoms with E-state index in [-0.39, 0.29) is 6.04 Å². The molecule has 3 aliphatic rings. The molecule has 1 N–H and O–H groups in total. The molecule has 5 aromatic rings. The van der Waals surface area contributed by atoms with Crippen molar-refractivity contribution >= 4 is 32.4 Å². The van der Waals surface area contributed by atoms with Gasteiger partial charge in [0.1, 0.15) is 24.4 Å². The zero-order valence-corrected chi connectivity index (χ0v) is 22.5. The van der Waals surface area contributed by atoms with Crippen LogP contribution in [0, 0.1) is 11.8 Å². The molecule has 39 heavy (non-hydrogen) atoms. The Balaban J connectivity index is 1.39. The minimum atomic E-state index is -0.600.